The molecule has 1 amide bonds. The average Bonchev–Trinajstić information content (AvgIpc) is 2.58. The third-order valence-electron chi connectivity index (χ3n) is 1.61. The Labute approximate surface area is 87.6 Å². The summed E-state index contributed by atoms with van der Waals surface area (Å²) < 4.78 is 0. The number of allylic oxidation sites excluding steroid dienone is 1. The Balaban J connectivity index is 2.43. The van der Waals surface area contributed by atoms with Crippen LogP contribution in [0.25, 0.3) is 0 Å². The van der Waals surface area contributed by atoms with Crippen molar-refractivity contribution < 1.29 is 4.79 Å². The van der Waals surface area contributed by atoms with Crippen LogP contribution in [0.4, 0.5) is 0 Å². The number of hydrogen-bond donors (Lipinski definition) is 1. The first-order valence-corrected chi connectivity index (χ1v) is 5.35. The van der Waals surface area contributed by atoms with E-state index in [-0.39, 0.29) is 5.91 Å². The molecule has 0 bridgehead atoms. The average molecular weight is 211 g/mol. The van der Waals surface area contributed by atoms with Crippen LogP contribution < -0.4 is 5.32 Å². The summed E-state index contributed by atoms with van der Waals surface area (Å²) in [5.74, 6) is 0.438. The van der Waals surface area contributed by atoms with Gasteiger partial charge in [-0.2, -0.15) is 5.10 Å². The summed E-state index contributed by atoms with van der Waals surface area (Å²) in [6.45, 7) is 5.54. The lowest BCUT2D eigenvalue weighted by Crippen LogP contribution is -2.19. The van der Waals surface area contributed by atoms with E-state index in [1.165, 1.54) is 11.8 Å². The molecule has 1 heterocycles. The molecule has 5 heteroatoms. The van der Waals surface area contributed by atoms with E-state index in [1.807, 2.05) is 13.0 Å². The van der Waals surface area contributed by atoms with Gasteiger partial charge in [-0.05, 0) is 19.8 Å². The van der Waals surface area contributed by atoms with Gasteiger partial charge >= 0.3 is 0 Å². The molecule has 0 saturated carbocycles. The van der Waals surface area contributed by atoms with Gasteiger partial charge in [0.05, 0.1) is 5.75 Å². The smallest absolute Gasteiger partial charge is 0.236 e. The summed E-state index contributed by atoms with van der Waals surface area (Å²) >= 11 is 1.38. The molecule has 0 spiro atoms. The second-order valence-corrected chi connectivity index (χ2v) is 3.87. The van der Waals surface area contributed by atoms with Gasteiger partial charge in [0.2, 0.25) is 5.91 Å². The number of thioether (sulfide) groups is 1. The molecule has 1 fully saturated rings. The maximum absolute atomic E-state index is 10.8. The maximum Gasteiger partial charge on any atom is 0.236 e. The number of amidine groups is 1. The Kier molecular flexibility index (Phi) is 4.39. The molecular weight excluding hydrogens is 198 g/mol. The van der Waals surface area contributed by atoms with Crippen LogP contribution in [0.1, 0.15) is 19.8 Å². The summed E-state index contributed by atoms with van der Waals surface area (Å²) in [4.78, 5) is 10.8. The molecule has 0 aromatic carbocycles. The van der Waals surface area contributed by atoms with E-state index in [2.05, 4.69) is 22.1 Å². The highest BCUT2D eigenvalue weighted by atomic mass is 32.2. The van der Waals surface area contributed by atoms with Crippen molar-refractivity contribution in [2.45, 2.75) is 19.8 Å². The number of nitrogens with zero attached hydrogens (tertiary/aromatic N) is 2. The maximum atomic E-state index is 10.8. The van der Waals surface area contributed by atoms with Crippen molar-refractivity contribution in [2.75, 3.05) is 5.75 Å². The van der Waals surface area contributed by atoms with Gasteiger partial charge in [-0.15, -0.1) is 11.7 Å². The third-order valence-corrected chi connectivity index (χ3v) is 2.47. The fourth-order valence-corrected chi connectivity index (χ4v) is 1.50. The van der Waals surface area contributed by atoms with Crippen molar-refractivity contribution in [1.82, 2.24) is 5.32 Å². The molecule has 1 N–H and O–H groups in total. The molecule has 4 nitrogen and oxygen atoms in total. The van der Waals surface area contributed by atoms with Gasteiger partial charge in [0.25, 0.3) is 0 Å². The minimum atomic E-state index is -0.00676. The first kappa shape index (κ1) is 11.0. The van der Waals surface area contributed by atoms with Gasteiger partial charge < -0.3 is 5.32 Å². The highest BCUT2D eigenvalue weighted by molar-refractivity contribution is 8.15. The monoisotopic (exact) mass is 211 g/mol. The zero-order valence-corrected chi connectivity index (χ0v) is 8.93. The lowest BCUT2D eigenvalue weighted by atomic mass is 10.2. The number of nitrogens with one attached hydrogen (secondary N) is 1. The second-order valence-electron chi connectivity index (χ2n) is 2.90. The quantitative estimate of drug-likeness (QED) is 0.436. The van der Waals surface area contributed by atoms with E-state index in [9.17, 15) is 4.79 Å². The van der Waals surface area contributed by atoms with Gasteiger partial charge in [-0.1, -0.05) is 17.8 Å². The molecule has 0 radical (unpaired) electrons. The molecule has 0 atom stereocenters. The summed E-state index contributed by atoms with van der Waals surface area (Å²) in [5, 5.41) is 11.1. The molecule has 1 saturated heterocycles. The Morgan fingerprint density at radius 1 is 1.79 bits per heavy atom. The zero-order valence-electron chi connectivity index (χ0n) is 8.12. The van der Waals surface area contributed by atoms with Crippen LogP contribution in [0.2, 0.25) is 0 Å². The van der Waals surface area contributed by atoms with Crippen LogP contribution in [0, 0.1) is 0 Å². The summed E-state index contributed by atoms with van der Waals surface area (Å²) in [7, 11) is 0. The number of rotatable bonds is 4. The van der Waals surface area contributed by atoms with Crippen molar-refractivity contribution in [3.8, 4) is 0 Å². The number of carbonyl (C=O) groups is 1. The number of carbonyl (C=O) groups excluding carboxylic acids is 1. The van der Waals surface area contributed by atoms with Crippen LogP contribution in [0.5, 0.6) is 0 Å². The van der Waals surface area contributed by atoms with Gasteiger partial charge in [0.15, 0.2) is 5.17 Å². The van der Waals surface area contributed by atoms with Crippen molar-refractivity contribution >= 4 is 28.5 Å². The largest absolute Gasteiger partial charge is 0.303 e. The van der Waals surface area contributed by atoms with Gasteiger partial charge in [0.1, 0.15) is 0 Å². The van der Waals surface area contributed by atoms with E-state index in [0.717, 1.165) is 18.6 Å². The zero-order chi connectivity index (χ0) is 10.4. The lowest BCUT2D eigenvalue weighted by molar-refractivity contribution is -0.116. The van der Waals surface area contributed by atoms with Crippen LogP contribution in [0.15, 0.2) is 22.9 Å². The summed E-state index contributed by atoms with van der Waals surface area (Å²) in [5.41, 5.74) is 0.944. The predicted molar refractivity (Wildman–Crippen MR) is 60.6 cm³/mol. The molecular formula is C9H13N3OS. The molecule has 0 aromatic heterocycles. The predicted octanol–water partition coefficient (Wildman–Crippen LogP) is 1.55. The second kappa shape index (κ2) is 5.59. The Bertz CT molecular complexity index is 296. The minimum absolute atomic E-state index is 0.00676. The summed E-state index contributed by atoms with van der Waals surface area (Å²) in [6, 6.07) is 0. The first-order chi connectivity index (χ1) is 6.72. The highest BCUT2D eigenvalue weighted by Crippen LogP contribution is 2.08. The first-order valence-electron chi connectivity index (χ1n) is 4.37. The van der Waals surface area contributed by atoms with E-state index < -0.39 is 0 Å². The van der Waals surface area contributed by atoms with Crippen molar-refractivity contribution in [3.63, 3.8) is 0 Å². The lowest BCUT2D eigenvalue weighted by Gasteiger charge is -1.94. The summed E-state index contributed by atoms with van der Waals surface area (Å²) in [6.07, 6.45) is 3.61. The van der Waals surface area contributed by atoms with Crippen LogP contribution >= 0.6 is 11.8 Å². The van der Waals surface area contributed by atoms with E-state index in [1.54, 1.807) is 0 Å². The molecule has 76 valence electrons. The SMILES string of the molecule is C=CCC/C(C)=N/N=C1\NC(=O)CS1. The van der Waals surface area contributed by atoms with E-state index in [4.69, 9.17) is 0 Å². The van der Waals surface area contributed by atoms with Crippen LogP contribution in [-0.2, 0) is 4.79 Å². The molecule has 1 aliphatic heterocycles. The Hall–Kier alpha value is -1.10. The van der Waals surface area contributed by atoms with Gasteiger partial charge in [0, 0.05) is 5.71 Å². The molecule has 0 unspecified atom stereocenters. The molecule has 0 aromatic rings. The Morgan fingerprint density at radius 2 is 2.57 bits per heavy atom. The third kappa shape index (κ3) is 3.74. The van der Waals surface area contributed by atoms with Crippen molar-refractivity contribution in [3.05, 3.63) is 12.7 Å². The fourth-order valence-electron chi connectivity index (χ4n) is 0.871. The molecule has 1 aliphatic rings. The molecule has 1 rings (SSSR count). The number of amides is 1. The van der Waals surface area contributed by atoms with Crippen molar-refractivity contribution in [2.24, 2.45) is 10.2 Å². The molecule has 14 heavy (non-hydrogen) atoms. The van der Waals surface area contributed by atoms with Crippen LogP contribution in [0.3, 0.4) is 0 Å². The minimum Gasteiger partial charge on any atom is -0.303 e. The topological polar surface area (TPSA) is 53.8 Å². The van der Waals surface area contributed by atoms with Gasteiger partial charge in [-0.25, -0.2) is 0 Å². The number of hydrogen-bond acceptors (Lipinski definition) is 4. The fraction of sp³-hybridized carbons (Fsp3) is 0.444. The van der Waals surface area contributed by atoms with Gasteiger partial charge in [-0.3, -0.25) is 4.79 Å². The highest BCUT2D eigenvalue weighted by Gasteiger charge is 2.15. The normalized spacial score (nSPS) is 19.9. The van der Waals surface area contributed by atoms with E-state index in [0.29, 0.717) is 10.9 Å². The van der Waals surface area contributed by atoms with Crippen molar-refractivity contribution in [1.29, 1.82) is 0 Å². The molecule has 0 aliphatic carbocycles. The van der Waals surface area contributed by atoms with Crippen LogP contribution in [-0.4, -0.2) is 22.5 Å². The standard InChI is InChI=1S/C9H13N3OS/c1-3-4-5-7(2)11-12-9-10-8(13)6-14-9/h3H,1,4-6H2,2H3,(H,10,12,13)/b11-7+. The Morgan fingerprint density at radius 3 is 3.14 bits per heavy atom. The van der Waals surface area contributed by atoms with E-state index >= 15 is 0 Å².